The van der Waals surface area contributed by atoms with Crippen LogP contribution in [0.5, 0.6) is 0 Å². The third kappa shape index (κ3) is 4.79. The molecule has 20 heavy (non-hydrogen) atoms. The molecule has 1 saturated carbocycles. The minimum atomic E-state index is 0.180. The molecule has 1 aliphatic carbocycles. The third-order valence-corrected chi connectivity index (χ3v) is 4.62. The van der Waals surface area contributed by atoms with Crippen LogP contribution in [0.3, 0.4) is 0 Å². The Kier molecular flexibility index (Phi) is 5.51. The number of hydrogen-bond donors (Lipinski definition) is 1. The third-order valence-electron chi connectivity index (χ3n) is 4.37. The zero-order chi connectivity index (χ0) is 14.6. The smallest absolute Gasteiger partial charge is 0.0406 e. The van der Waals surface area contributed by atoms with E-state index in [9.17, 15) is 0 Å². The number of benzene rings is 1. The molecule has 2 heteroatoms. The minimum Gasteiger partial charge on any atom is -0.311 e. The second kappa shape index (κ2) is 6.95. The maximum Gasteiger partial charge on any atom is 0.0406 e. The summed E-state index contributed by atoms with van der Waals surface area (Å²) in [4.78, 5) is 0. The Balaban J connectivity index is 2.12. The maximum atomic E-state index is 6.04. The largest absolute Gasteiger partial charge is 0.311 e. The Morgan fingerprint density at radius 1 is 1.10 bits per heavy atom. The van der Waals surface area contributed by atoms with Crippen molar-refractivity contribution in [1.82, 2.24) is 5.32 Å². The molecule has 1 N–H and O–H groups in total. The van der Waals surface area contributed by atoms with E-state index in [2.05, 4.69) is 38.2 Å². The summed E-state index contributed by atoms with van der Waals surface area (Å²) in [7, 11) is 0. The van der Waals surface area contributed by atoms with Gasteiger partial charge < -0.3 is 5.32 Å². The van der Waals surface area contributed by atoms with E-state index >= 15 is 0 Å². The van der Waals surface area contributed by atoms with Crippen LogP contribution < -0.4 is 5.32 Å². The quantitative estimate of drug-likeness (QED) is 0.784. The van der Waals surface area contributed by atoms with Crippen molar-refractivity contribution in [2.45, 2.75) is 64.3 Å². The fraction of sp³-hybridized carbons (Fsp3) is 0.667. The molecule has 0 heterocycles. The molecule has 1 aromatic carbocycles. The molecular weight excluding hydrogens is 266 g/mol. The second-order valence-electron chi connectivity index (χ2n) is 7.19. The first-order valence-electron chi connectivity index (χ1n) is 7.96. The summed E-state index contributed by atoms with van der Waals surface area (Å²) >= 11 is 6.04. The van der Waals surface area contributed by atoms with Gasteiger partial charge in [-0.2, -0.15) is 0 Å². The Hall–Kier alpha value is -0.530. The van der Waals surface area contributed by atoms with E-state index in [0.717, 1.165) is 17.5 Å². The van der Waals surface area contributed by atoms with Gasteiger partial charge in [-0.15, -0.1) is 0 Å². The van der Waals surface area contributed by atoms with Gasteiger partial charge >= 0.3 is 0 Å². The summed E-state index contributed by atoms with van der Waals surface area (Å²) < 4.78 is 0. The van der Waals surface area contributed by atoms with Crippen molar-refractivity contribution in [2.75, 3.05) is 6.54 Å². The normalized spacial score (nSPS) is 19.0. The van der Waals surface area contributed by atoms with Crippen molar-refractivity contribution < 1.29 is 0 Å². The molecule has 0 amide bonds. The molecule has 2 rings (SSSR count). The highest BCUT2D eigenvalue weighted by molar-refractivity contribution is 6.30. The van der Waals surface area contributed by atoms with Crippen molar-refractivity contribution in [2.24, 2.45) is 5.92 Å². The molecule has 1 aromatic rings. The predicted molar refractivity (Wildman–Crippen MR) is 88.5 cm³/mol. The molecule has 1 unspecified atom stereocenters. The lowest BCUT2D eigenvalue weighted by Crippen LogP contribution is -2.40. The van der Waals surface area contributed by atoms with Gasteiger partial charge in [0.15, 0.2) is 0 Å². The molecule has 0 saturated heterocycles. The Morgan fingerprint density at radius 2 is 1.70 bits per heavy atom. The average molecular weight is 294 g/mol. The number of nitrogens with one attached hydrogen (secondary N) is 1. The lowest BCUT2D eigenvalue weighted by molar-refractivity contribution is 0.280. The molecule has 1 atom stereocenters. The maximum absolute atomic E-state index is 6.04. The molecular formula is C18H28ClN. The topological polar surface area (TPSA) is 12.0 Å². The first kappa shape index (κ1) is 15.9. The van der Waals surface area contributed by atoms with Crippen LogP contribution >= 0.6 is 11.6 Å². The molecule has 0 radical (unpaired) electrons. The van der Waals surface area contributed by atoms with Gasteiger partial charge in [-0.1, -0.05) is 43.0 Å². The van der Waals surface area contributed by atoms with E-state index in [4.69, 9.17) is 11.6 Å². The highest BCUT2D eigenvalue weighted by Gasteiger charge is 2.26. The zero-order valence-electron chi connectivity index (χ0n) is 13.1. The van der Waals surface area contributed by atoms with E-state index in [1.807, 2.05) is 12.1 Å². The fourth-order valence-corrected chi connectivity index (χ4v) is 3.35. The average Bonchev–Trinajstić information content (AvgIpc) is 2.41. The van der Waals surface area contributed by atoms with Crippen LogP contribution in [0.15, 0.2) is 24.3 Å². The summed E-state index contributed by atoms with van der Waals surface area (Å²) in [6, 6.07) is 8.49. The van der Waals surface area contributed by atoms with Crippen molar-refractivity contribution >= 4 is 11.6 Å². The highest BCUT2D eigenvalue weighted by Crippen LogP contribution is 2.36. The van der Waals surface area contributed by atoms with Gasteiger partial charge in [-0.25, -0.2) is 0 Å². The first-order chi connectivity index (χ1) is 9.46. The lowest BCUT2D eigenvalue weighted by Gasteiger charge is -2.33. The lowest BCUT2D eigenvalue weighted by atomic mass is 9.76. The number of halogens is 1. The van der Waals surface area contributed by atoms with Crippen LogP contribution in [0.2, 0.25) is 5.02 Å². The second-order valence-corrected chi connectivity index (χ2v) is 7.62. The molecule has 0 bridgehead atoms. The highest BCUT2D eigenvalue weighted by atomic mass is 35.5. The van der Waals surface area contributed by atoms with Crippen molar-refractivity contribution in [3.05, 3.63) is 34.9 Å². The summed E-state index contributed by atoms with van der Waals surface area (Å²) in [6.45, 7) is 7.79. The van der Waals surface area contributed by atoms with E-state index in [1.54, 1.807) is 0 Å². The van der Waals surface area contributed by atoms with Crippen LogP contribution in [0.25, 0.3) is 0 Å². The minimum absolute atomic E-state index is 0.180. The SMILES string of the molecule is CC(C)(C)NCC(c1ccc(Cl)cc1)C1CCCCC1. The number of hydrogen-bond acceptors (Lipinski definition) is 1. The molecule has 112 valence electrons. The Labute approximate surface area is 129 Å². The van der Waals surface area contributed by atoms with Crippen LogP contribution in [0, 0.1) is 5.92 Å². The molecule has 1 aliphatic rings. The predicted octanol–water partition coefficient (Wildman–Crippen LogP) is 5.39. The van der Waals surface area contributed by atoms with Gasteiger partial charge in [-0.05, 0) is 63.1 Å². The van der Waals surface area contributed by atoms with Crippen LogP contribution in [-0.2, 0) is 0 Å². The summed E-state index contributed by atoms with van der Waals surface area (Å²) in [5.74, 6) is 1.44. The van der Waals surface area contributed by atoms with E-state index < -0.39 is 0 Å². The van der Waals surface area contributed by atoms with Gasteiger partial charge in [0, 0.05) is 17.1 Å². The fourth-order valence-electron chi connectivity index (χ4n) is 3.22. The summed E-state index contributed by atoms with van der Waals surface area (Å²) in [6.07, 6.45) is 6.95. The molecule has 1 nitrogen and oxygen atoms in total. The van der Waals surface area contributed by atoms with E-state index in [1.165, 1.54) is 37.7 Å². The van der Waals surface area contributed by atoms with Gasteiger partial charge in [0.05, 0.1) is 0 Å². The molecule has 1 fully saturated rings. The van der Waals surface area contributed by atoms with E-state index in [-0.39, 0.29) is 5.54 Å². The van der Waals surface area contributed by atoms with Crippen molar-refractivity contribution in [1.29, 1.82) is 0 Å². The Morgan fingerprint density at radius 3 is 2.25 bits per heavy atom. The van der Waals surface area contributed by atoms with Gasteiger partial charge in [0.1, 0.15) is 0 Å². The van der Waals surface area contributed by atoms with Crippen molar-refractivity contribution in [3.8, 4) is 0 Å². The number of rotatable bonds is 4. The van der Waals surface area contributed by atoms with E-state index in [0.29, 0.717) is 5.92 Å². The van der Waals surface area contributed by atoms with Crippen molar-refractivity contribution in [3.63, 3.8) is 0 Å². The zero-order valence-corrected chi connectivity index (χ0v) is 13.8. The van der Waals surface area contributed by atoms with Gasteiger partial charge in [-0.3, -0.25) is 0 Å². The monoisotopic (exact) mass is 293 g/mol. The molecule has 0 aliphatic heterocycles. The van der Waals surface area contributed by atoms with Crippen LogP contribution in [-0.4, -0.2) is 12.1 Å². The van der Waals surface area contributed by atoms with Crippen LogP contribution in [0.1, 0.15) is 64.4 Å². The van der Waals surface area contributed by atoms with Gasteiger partial charge in [0.2, 0.25) is 0 Å². The summed E-state index contributed by atoms with van der Waals surface area (Å²) in [5, 5.41) is 4.53. The standard InChI is InChI=1S/C18H28ClN/c1-18(2,3)20-13-17(14-7-5-4-6-8-14)15-9-11-16(19)12-10-15/h9-12,14,17,20H,4-8,13H2,1-3H3. The Bertz CT molecular complexity index is 398. The van der Waals surface area contributed by atoms with Gasteiger partial charge in [0.25, 0.3) is 0 Å². The first-order valence-corrected chi connectivity index (χ1v) is 8.34. The molecule has 0 spiro atoms. The summed E-state index contributed by atoms with van der Waals surface area (Å²) in [5.41, 5.74) is 1.62. The van der Waals surface area contributed by atoms with Crippen LogP contribution in [0.4, 0.5) is 0 Å². The molecule has 0 aromatic heterocycles.